The molecule has 0 fully saturated rings. The van der Waals surface area contributed by atoms with Crippen molar-refractivity contribution in [1.82, 2.24) is 5.32 Å². The molecule has 0 saturated carbocycles. The summed E-state index contributed by atoms with van der Waals surface area (Å²) in [6.07, 6.45) is 2.56. The Labute approximate surface area is 102 Å². The SMILES string of the molecule is CCOCC(NC(C)CCC(C)C)C(C)C. The van der Waals surface area contributed by atoms with Gasteiger partial charge in [0.05, 0.1) is 6.61 Å². The fraction of sp³-hybridized carbons (Fsp3) is 1.00. The van der Waals surface area contributed by atoms with E-state index in [9.17, 15) is 0 Å². The van der Waals surface area contributed by atoms with E-state index in [1.54, 1.807) is 0 Å². The molecule has 0 amide bonds. The average molecular weight is 229 g/mol. The summed E-state index contributed by atoms with van der Waals surface area (Å²) in [6.45, 7) is 15.1. The molecule has 0 spiro atoms. The van der Waals surface area contributed by atoms with Gasteiger partial charge in [0, 0.05) is 18.7 Å². The van der Waals surface area contributed by atoms with Gasteiger partial charge in [0.25, 0.3) is 0 Å². The second-order valence-corrected chi connectivity index (χ2v) is 5.55. The van der Waals surface area contributed by atoms with Gasteiger partial charge in [0.15, 0.2) is 0 Å². The van der Waals surface area contributed by atoms with Crippen molar-refractivity contribution in [2.75, 3.05) is 13.2 Å². The molecule has 0 aromatic heterocycles. The first-order chi connectivity index (χ1) is 7.47. The van der Waals surface area contributed by atoms with Crippen molar-refractivity contribution in [3.63, 3.8) is 0 Å². The molecule has 0 bridgehead atoms. The number of ether oxygens (including phenoxy) is 1. The highest BCUT2D eigenvalue weighted by atomic mass is 16.5. The molecular weight excluding hydrogens is 198 g/mol. The number of hydrogen-bond donors (Lipinski definition) is 1. The molecule has 2 atom stereocenters. The van der Waals surface area contributed by atoms with Gasteiger partial charge in [-0.2, -0.15) is 0 Å². The highest BCUT2D eigenvalue weighted by Crippen LogP contribution is 2.09. The first-order valence-corrected chi connectivity index (χ1v) is 6.81. The summed E-state index contributed by atoms with van der Waals surface area (Å²) in [5.41, 5.74) is 0. The maximum absolute atomic E-state index is 5.52. The van der Waals surface area contributed by atoms with E-state index in [0.717, 1.165) is 19.1 Å². The van der Waals surface area contributed by atoms with Crippen molar-refractivity contribution in [2.24, 2.45) is 11.8 Å². The first-order valence-electron chi connectivity index (χ1n) is 6.81. The lowest BCUT2D eigenvalue weighted by atomic mass is 10.0. The molecule has 0 aliphatic carbocycles. The summed E-state index contributed by atoms with van der Waals surface area (Å²) in [6, 6.07) is 1.08. The Morgan fingerprint density at radius 2 is 1.62 bits per heavy atom. The predicted molar refractivity (Wildman–Crippen MR) is 71.8 cm³/mol. The summed E-state index contributed by atoms with van der Waals surface area (Å²) in [7, 11) is 0. The fourth-order valence-electron chi connectivity index (χ4n) is 1.71. The van der Waals surface area contributed by atoms with E-state index in [4.69, 9.17) is 4.74 Å². The molecule has 2 unspecified atom stereocenters. The van der Waals surface area contributed by atoms with E-state index in [1.165, 1.54) is 12.8 Å². The zero-order valence-electron chi connectivity index (χ0n) is 12.0. The maximum Gasteiger partial charge on any atom is 0.0622 e. The summed E-state index contributed by atoms with van der Waals surface area (Å²) >= 11 is 0. The molecule has 16 heavy (non-hydrogen) atoms. The van der Waals surface area contributed by atoms with Crippen molar-refractivity contribution in [2.45, 2.75) is 66.5 Å². The Bertz CT molecular complexity index is 157. The largest absolute Gasteiger partial charge is 0.380 e. The quantitative estimate of drug-likeness (QED) is 0.654. The van der Waals surface area contributed by atoms with Gasteiger partial charge in [-0.25, -0.2) is 0 Å². The Morgan fingerprint density at radius 1 is 1.00 bits per heavy atom. The van der Waals surface area contributed by atoms with Crippen molar-refractivity contribution in [3.8, 4) is 0 Å². The maximum atomic E-state index is 5.52. The minimum atomic E-state index is 0.488. The third-order valence-electron chi connectivity index (χ3n) is 2.98. The Morgan fingerprint density at radius 3 is 2.06 bits per heavy atom. The van der Waals surface area contributed by atoms with Gasteiger partial charge in [0.2, 0.25) is 0 Å². The third-order valence-corrected chi connectivity index (χ3v) is 2.98. The molecule has 0 heterocycles. The first kappa shape index (κ1) is 15.9. The van der Waals surface area contributed by atoms with Crippen LogP contribution in [0.3, 0.4) is 0 Å². The van der Waals surface area contributed by atoms with Crippen molar-refractivity contribution in [1.29, 1.82) is 0 Å². The topological polar surface area (TPSA) is 21.3 Å². The monoisotopic (exact) mass is 229 g/mol. The lowest BCUT2D eigenvalue weighted by Crippen LogP contribution is -2.43. The molecule has 0 aromatic carbocycles. The van der Waals surface area contributed by atoms with Crippen LogP contribution in [0.1, 0.15) is 54.4 Å². The fourth-order valence-corrected chi connectivity index (χ4v) is 1.71. The van der Waals surface area contributed by atoms with Crippen molar-refractivity contribution in [3.05, 3.63) is 0 Å². The third kappa shape index (κ3) is 8.12. The van der Waals surface area contributed by atoms with Crippen LogP contribution in [0.15, 0.2) is 0 Å². The van der Waals surface area contributed by atoms with Gasteiger partial charge in [-0.15, -0.1) is 0 Å². The van der Waals surface area contributed by atoms with Gasteiger partial charge in [-0.1, -0.05) is 27.7 Å². The Kier molecular flexibility index (Phi) is 8.96. The molecular formula is C14H31NO. The smallest absolute Gasteiger partial charge is 0.0622 e. The molecule has 1 N–H and O–H groups in total. The average Bonchev–Trinajstić information content (AvgIpc) is 2.20. The van der Waals surface area contributed by atoms with Crippen LogP contribution in [0, 0.1) is 11.8 Å². The highest BCUT2D eigenvalue weighted by Gasteiger charge is 2.15. The molecule has 98 valence electrons. The zero-order valence-corrected chi connectivity index (χ0v) is 12.0. The number of hydrogen-bond acceptors (Lipinski definition) is 2. The van der Waals surface area contributed by atoms with Crippen LogP contribution in [0.4, 0.5) is 0 Å². The highest BCUT2D eigenvalue weighted by molar-refractivity contribution is 4.74. The van der Waals surface area contributed by atoms with Gasteiger partial charge in [-0.05, 0) is 38.5 Å². The standard InChI is InChI=1S/C14H31NO/c1-7-16-10-14(12(4)5)15-13(6)9-8-11(2)3/h11-15H,7-10H2,1-6H3. The molecule has 0 aliphatic heterocycles. The lowest BCUT2D eigenvalue weighted by Gasteiger charge is -2.26. The van der Waals surface area contributed by atoms with E-state index in [0.29, 0.717) is 18.0 Å². The minimum Gasteiger partial charge on any atom is -0.380 e. The van der Waals surface area contributed by atoms with E-state index >= 15 is 0 Å². The molecule has 0 aromatic rings. The van der Waals surface area contributed by atoms with E-state index in [-0.39, 0.29) is 0 Å². The number of nitrogens with one attached hydrogen (secondary N) is 1. The van der Waals surface area contributed by atoms with Crippen LogP contribution in [0.25, 0.3) is 0 Å². The normalized spacial score (nSPS) is 15.8. The van der Waals surface area contributed by atoms with Crippen molar-refractivity contribution >= 4 is 0 Å². The Balaban J connectivity index is 3.88. The van der Waals surface area contributed by atoms with Crippen molar-refractivity contribution < 1.29 is 4.74 Å². The minimum absolute atomic E-state index is 0.488. The van der Waals surface area contributed by atoms with Crippen LogP contribution in [0.5, 0.6) is 0 Å². The van der Waals surface area contributed by atoms with E-state index in [1.807, 2.05) is 0 Å². The van der Waals surface area contributed by atoms with Gasteiger partial charge >= 0.3 is 0 Å². The lowest BCUT2D eigenvalue weighted by molar-refractivity contribution is 0.103. The molecule has 2 heteroatoms. The van der Waals surface area contributed by atoms with Gasteiger partial charge < -0.3 is 10.1 Å². The van der Waals surface area contributed by atoms with E-state index in [2.05, 4.69) is 46.9 Å². The molecule has 0 rings (SSSR count). The van der Waals surface area contributed by atoms with Crippen LogP contribution in [0.2, 0.25) is 0 Å². The summed E-state index contributed by atoms with van der Waals surface area (Å²) in [4.78, 5) is 0. The van der Waals surface area contributed by atoms with Gasteiger partial charge in [0.1, 0.15) is 0 Å². The summed E-state index contributed by atoms with van der Waals surface area (Å²) < 4.78 is 5.52. The van der Waals surface area contributed by atoms with Gasteiger partial charge in [-0.3, -0.25) is 0 Å². The molecule has 0 radical (unpaired) electrons. The number of rotatable bonds is 9. The summed E-state index contributed by atoms with van der Waals surface area (Å²) in [5.74, 6) is 1.43. The molecule has 0 aliphatic rings. The predicted octanol–water partition coefficient (Wildman–Crippen LogP) is 3.46. The van der Waals surface area contributed by atoms with Crippen LogP contribution in [-0.2, 0) is 4.74 Å². The second kappa shape index (κ2) is 9.00. The molecule has 0 saturated heterocycles. The van der Waals surface area contributed by atoms with Crippen LogP contribution >= 0.6 is 0 Å². The second-order valence-electron chi connectivity index (χ2n) is 5.55. The molecule has 2 nitrogen and oxygen atoms in total. The Hall–Kier alpha value is -0.0800. The zero-order chi connectivity index (χ0) is 12.6. The van der Waals surface area contributed by atoms with Crippen LogP contribution in [-0.4, -0.2) is 25.3 Å². The van der Waals surface area contributed by atoms with E-state index < -0.39 is 0 Å². The summed E-state index contributed by atoms with van der Waals surface area (Å²) in [5, 5.41) is 3.68. The van der Waals surface area contributed by atoms with Crippen LogP contribution < -0.4 is 5.32 Å².